The van der Waals surface area contributed by atoms with Crippen LogP contribution in [0.15, 0.2) is 18.2 Å². The van der Waals surface area contributed by atoms with E-state index in [0.717, 1.165) is 32.1 Å². The van der Waals surface area contributed by atoms with Crippen molar-refractivity contribution in [2.45, 2.75) is 43.4 Å². The number of hydrogen-bond donors (Lipinski definition) is 1. The fraction of sp³-hybridized carbons (Fsp3) is 0.600. The van der Waals surface area contributed by atoms with Crippen molar-refractivity contribution in [3.8, 4) is 0 Å². The third-order valence-electron chi connectivity index (χ3n) is 6.40. The first-order chi connectivity index (χ1) is 12.7. The van der Waals surface area contributed by atoms with Crippen LogP contribution in [-0.4, -0.2) is 35.2 Å². The van der Waals surface area contributed by atoms with Gasteiger partial charge in [-0.1, -0.05) is 29.3 Å². The van der Waals surface area contributed by atoms with E-state index >= 15 is 0 Å². The van der Waals surface area contributed by atoms with Crippen molar-refractivity contribution in [3.63, 3.8) is 0 Å². The van der Waals surface area contributed by atoms with E-state index in [1.165, 1.54) is 11.3 Å². The number of hydrogen-bond acceptors (Lipinski definition) is 2. The highest BCUT2D eigenvalue weighted by molar-refractivity contribution is 6.39. The van der Waals surface area contributed by atoms with Gasteiger partial charge < -0.3 is 10.2 Å². The Labute approximate surface area is 174 Å². The van der Waals surface area contributed by atoms with Crippen molar-refractivity contribution >= 4 is 52.3 Å². The molecular weight excluding hydrogens is 407 g/mol. The number of carbonyl (C=O) groups is 2. The van der Waals surface area contributed by atoms with Crippen LogP contribution >= 0.6 is 34.8 Å². The number of rotatable bonds is 4. The Kier molecular flexibility index (Phi) is 4.89. The van der Waals surface area contributed by atoms with Gasteiger partial charge in [0.05, 0.1) is 27.7 Å². The van der Waals surface area contributed by atoms with Gasteiger partial charge in [0.25, 0.3) is 0 Å². The summed E-state index contributed by atoms with van der Waals surface area (Å²) >= 11 is 19.0. The summed E-state index contributed by atoms with van der Waals surface area (Å²) in [5, 5.41) is 3.46. The number of likely N-dealkylation sites (N-methyl/N-ethyl adjacent to an activating group) is 1. The zero-order chi connectivity index (χ0) is 19.4. The molecule has 4 nitrogen and oxygen atoms in total. The predicted molar refractivity (Wildman–Crippen MR) is 108 cm³/mol. The standard InChI is InChI=1S/C20H23Cl3N2O2/c1-25(10-16(26)24-17-14(21)3-2-4-15(17)22)18(27)19-6-12-5-13(7-19)9-20(23,8-12)11-19/h2-4,12-13H,5-11H2,1H3,(H,24,26). The molecule has 0 spiro atoms. The summed E-state index contributed by atoms with van der Waals surface area (Å²) in [5.41, 5.74) is -0.0238. The summed E-state index contributed by atoms with van der Waals surface area (Å²) in [6.45, 7) is -0.0350. The molecule has 1 aromatic rings. The van der Waals surface area contributed by atoms with Gasteiger partial charge in [0, 0.05) is 11.9 Å². The van der Waals surface area contributed by atoms with E-state index in [9.17, 15) is 9.59 Å². The first-order valence-electron chi connectivity index (χ1n) is 9.38. The van der Waals surface area contributed by atoms with Gasteiger partial charge in [-0.2, -0.15) is 0 Å². The van der Waals surface area contributed by atoms with Crippen molar-refractivity contribution < 1.29 is 9.59 Å². The summed E-state index contributed by atoms with van der Waals surface area (Å²) in [6, 6.07) is 5.03. The van der Waals surface area contributed by atoms with Gasteiger partial charge in [-0.15, -0.1) is 11.6 Å². The Morgan fingerprint density at radius 2 is 1.74 bits per heavy atom. The summed E-state index contributed by atoms with van der Waals surface area (Å²) in [7, 11) is 1.69. The molecule has 1 aromatic carbocycles. The van der Waals surface area contributed by atoms with Crippen LogP contribution in [0.1, 0.15) is 38.5 Å². The van der Waals surface area contributed by atoms with Crippen LogP contribution in [0.5, 0.6) is 0 Å². The molecular formula is C20H23Cl3N2O2. The van der Waals surface area contributed by atoms with E-state index in [2.05, 4.69) is 5.32 Å². The lowest BCUT2D eigenvalue weighted by Crippen LogP contribution is -2.59. The number of amides is 2. The second-order valence-corrected chi connectivity index (χ2v) is 10.3. The predicted octanol–water partition coefficient (Wildman–Crippen LogP) is 4.97. The Bertz CT molecular complexity index is 763. The Balaban J connectivity index is 1.45. The van der Waals surface area contributed by atoms with E-state index < -0.39 is 5.41 Å². The molecule has 4 aliphatic rings. The molecule has 27 heavy (non-hydrogen) atoms. The van der Waals surface area contributed by atoms with Crippen LogP contribution in [-0.2, 0) is 9.59 Å². The first-order valence-corrected chi connectivity index (χ1v) is 10.5. The number of nitrogens with one attached hydrogen (secondary N) is 1. The molecule has 146 valence electrons. The lowest BCUT2D eigenvalue weighted by atomic mass is 9.49. The highest BCUT2D eigenvalue weighted by Crippen LogP contribution is 2.64. The zero-order valence-corrected chi connectivity index (χ0v) is 17.5. The Morgan fingerprint density at radius 3 is 2.30 bits per heavy atom. The average Bonchev–Trinajstić information content (AvgIpc) is 2.55. The molecule has 1 N–H and O–H groups in total. The lowest BCUT2D eigenvalue weighted by Gasteiger charge is -2.59. The molecule has 0 aliphatic heterocycles. The first kappa shape index (κ1) is 19.4. The number of para-hydroxylation sites is 1. The molecule has 0 radical (unpaired) electrons. The quantitative estimate of drug-likeness (QED) is 0.687. The normalized spacial score (nSPS) is 33.8. The molecule has 4 aliphatic carbocycles. The maximum absolute atomic E-state index is 13.3. The van der Waals surface area contributed by atoms with Gasteiger partial charge in [0.2, 0.25) is 11.8 Å². The SMILES string of the molecule is CN(CC(=O)Nc1c(Cl)cccc1Cl)C(=O)C12CC3CC(CC(Cl)(C3)C1)C2. The van der Waals surface area contributed by atoms with Gasteiger partial charge in [-0.05, 0) is 62.5 Å². The van der Waals surface area contributed by atoms with Crippen molar-refractivity contribution in [2.75, 3.05) is 18.9 Å². The molecule has 4 fully saturated rings. The van der Waals surface area contributed by atoms with Gasteiger partial charge >= 0.3 is 0 Å². The van der Waals surface area contributed by atoms with Crippen LogP contribution in [0.25, 0.3) is 0 Å². The third-order valence-corrected chi connectivity index (χ3v) is 7.47. The molecule has 2 unspecified atom stereocenters. The van der Waals surface area contributed by atoms with Crippen LogP contribution in [0.4, 0.5) is 5.69 Å². The van der Waals surface area contributed by atoms with Crippen LogP contribution in [0.3, 0.4) is 0 Å². The van der Waals surface area contributed by atoms with Crippen LogP contribution < -0.4 is 5.32 Å². The van der Waals surface area contributed by atoms with Gasteiger partial charge in [0.15, 0.2) is 0 Å². The summed E-state index contributed by atoms with van der Waals surface area (Å²) in [5.74, 6) is 0.807. The fourth-order valence-electron chi connectivity index (χ4n) is 5.89. The Morgan fingerprint density at radius 1 is 1.15 bits per heavy atom. The minimum absolute atomic E-state index is 0.0350. The minimum atomic E-state index is -0.400. The molecule has 0 saturated heterocycles. The zero-order valence-electron chi connectivity index (χ0n) is 15.2. The maximum Gasteiger partial charge on any atom is 0.244 e. The van der Waals surface area contributed by atoms with E-state index in [1.807, 2.05) is 0 Å². The largest absolute Gasteiger partial charge is 0.336 e. The number of anilines is 1. The maximum atomic E-state index is 13.3. The monoisotopic (exact) mass is 428 g/mol. The summed E-state index contributed by atoms with van der Waals surface area (Å²) in [6.07, 6.45) is 5.77. The minimum Gasteiger partial charge on any atom is -0.336 e. The number of nitrogens with zero attached hydrogens (tertiary/aromatic N) is 1. The number of carbonyl (C=O) groups excluding carboxylic acids is 2. The van der Waals surface area contributed by atoms with E-state index in [0.29, 0.717) is 27.6 Å². The highest BCUT2D eigenvalue weighted by Gasteiger charge is 2.60. The van der Waals surface area contributed by atoms with Gasteiger partial charge in [-0.3, -0.25) is 9.59 Å². The molecule has 4 bridgehead atoms. The number of alkyl halides is 1. The molecule has 0 heterocycles. The average molecular weight is 430 g/mol. The molecule has 0 aromatic heterocycles. The molecule has 2 amide bonds. The van der Waals surface area contributed by atoms with E-state index in [1.54, 1.807) is 25.2 Å². The molecule has 2 atom stereocenters. The van der Waals surface area contributed by atoms with E-state index in [4.69, 9.17) is 34.8 Å². The van der Waals surface area contributed by atoms with Crippen molar-refractivity contribution in [2.24, 2.45) is 17.3 Å². The summed E-state index contributed by atoms with van der Waals surface area (Å²) < 4.78 is 0. The second-order valence-electron chi connectivity index (χ2n) is 8.70. The molecule has 7 heteroatoms. The molecule has 5 rings (SSSR count). The van der Waals surface area contributed by atoms with Crippen molar-refractivity contribution in [1.82, 2.24) is 4.90 Å². The highest BCUT2D eigenvalue weighted by atomic mass is 35.5. The molecule has 4 saturated carbocycles. The Hall–Kier alpha value is -0.970. The second kappa shape index (κ2) is 6.82. The van der Waals surface area contributed by atoms with Crippen LogP contribution in [0.2, 0.25) is 10.0 Å². The number of benzene rings is 1. The summed E-state index contributed by atoms with van der Waals surface area (Å²) in [4.78, 5) is 27.1. The fourth-order valence-corrected chi connectivity index (χ4v) is 7.07. The van der Waals surface area contributed by atoms with Crippen molar-refractivity contribution in [3.05, 3.63) is 28.2 Å². The third kappa shape index (κ3) is 3.56. The van der Waals surface area contributed by atoms with Crippen LogP contribution in [0, 0.1) is 17.3 Å². The lowest BCUT2D eigenvalue weighted by molar-refractivity contribution is -0.155. The smallest absolute Gasteiger partial charge is 0.244 e. The number of halogens is 3. The van der Waals surface area contributed by atoms with Gasteiger partial charge in [0.1, 0.15) is 0 Å². The van der Waals surface area contributed by atoms with Crippen molar-refractivity contribution in [1.29, 1.82) is 0 Å². The van der Waals surface area contributed by atoms with Gasteiger partial charge in [-0.25, -0.2) is 0 Å². The topological polar surface area (TPSA) is 49.4 Å². The van der Waals surface area contributed by atoms with E-state index in [-0.39, 0.29) is 23.2 Å².